The Morgan fingerprint density at radius 1 is 1.09 bits per heavy atom. The molecule has 2 aromatic rings. The number of rotatable bonds is 5. The number of hydrazone groups is 1. The average Bonchev–Trinajstić information content (AvgIpc) is 3.18. The molecule has 1 saturated heterocycles. The summed E-state index contributed by atoms with van der Waals surface area (Å²) in [6.07, 6.45) is 0. The third-order valence-electron chi connectivity index (χ3n) is 6.69. The fraction of sp³-hybridized carbons (Fsp3) is 0.400. The number of nitrogens with zero attached hydrogens (tertiary/aromatic N) is 2. The first-order chi connectivity index (χ1) is 16.2. The van der Waals surface area contributed by atoms with E-state index < -0.39 is 42.0 Å². The van der Waals surface area contributed by atoms with E-state index in [-0.39, 0.29) is 11.3 Å². The Morgan fingerprint density at radius 3 is 2.26 bits per heavy atom. The van der Waals surface area contributed by atoms with Gasteiger partial charge in [0, 0.05) is 18.2 Å². The summed E-state index contributed by atoms with van der Waals surface area (Å²) < 4.78 is 39.4. The summed E-state index contributed by atoms with van der Waals surface area (Å²) >= 11 is 0. The smallest absolute Gasteiger partial charge is 0.399 e. The first-order valence-corrected chi connectivity index (χ1v) is 11.3. The third kappa shape index (κ3) is 4.72. The van der Waals surface area contributed by atoms with Gasteiger partial charge in [0.15, 0.2) is 5.92 Å². The van der Waals surface area contributed by atoms with Crippen LogP contribution in [0.4, 0.5) is 20.2 Å². The van der Waals surface area contributed by atoms with E-state index >= 15 is 0 Å². The number of alkyl halides is 2. The molecule has 2 aromatic carbocycles. The van der Waals surface area contributed by atoms with Crippen molar-refractivity contribution in [3.63, 3.8) is 0 Å². The minimum Gasteiger partial charge on any atom is -0.399 e. The molecule has 1 atom stereocenters. The molecule has 35 heavy (non-hydrogen) atoms. The zero-order valence-electron chi connectivity index (χ0n) is 20.6. The highest BCUT2D eigenvalue weighted by Crippen LogP contribution is 2.36. The van der Waals surface area contributed by atoms with Crippen LogP contribution >= 0.6 is 0 Å². The Bertz CT molecular complexity index is 1180. The molecule has 1 N–H and O–H groups in total. The highest BCUT2D eigenvalue weighted by atomic mass is 19.3. The molecular formula is C25H28BF2N3O4. The highest BCUT2D eigenvalue weighted by molar-refractivity contribution is 6.62. The van der Waals surface area contributed by atoms with E-state index in [0.29, 0.717) is 11.4 Å². The van der Waals surface area contributed by atoms with Crippen molar-refractivity contribution < 1.29 is 27.7 Å². The van der Waals surface area contributed by atoms with E-state index in [1.54, 1.807) is 31.2 Å². The molecule has 0 spiro atoms. The van der Waals surface area contributed by atoms with Crippen molar-refractivity contribution in [2.24, 2.45) is 11.0 Å². The lowest BCUT2D eigenvalue weighted by Crippen LogP contribution is -2.41. The number of hydrogen-bond acceptors (Lipinski definition) is 5. The monoisotopic (exact) mass is 483 g/mol. The molecule has 2 amide bonds. The van der Waals surface area contributed by atoms with E-state index in [9.17, 15) is 18.4 Å². The van der Waals surface area contributed by atoms with Crippen molar-refractivity contribution in [1.29, 1.82) is 0 Å². The summed E-state index contributed by atoms with van der Waals surface area (Å²) in [4.78, 5) is 25.9. The van der Waals surface area contributed by atoms with Crippen LogP contribution in [-0.2, 0) is 24.8 Å². The molecule has 184 valence electrons. The summed E-state index contributed by atoms with van der Waals surface area (Å²) in [6, 6.07) is 12.4. The van der Waals surface area contributed by atoms with Gasteiger partial charge >= 0.3 is 7.12 Å². The predicted octanol–water partition coefficient (Wildman–Crippen LogP) is 4.07. The second-order valence-electron chi connectivity index (χ2n) is 9.96. The van der Waals surface area contributed by atoms with Gasteiger partial charge in [-0.1, -0.05) is 24.3 Å². The number of benzene rings is 2. The maximum absolute atomic E-state index is 13.6. The molecule has 2 aliphatic rings. The third-order valence-corrected chi connectivity index (χ3v) is 6.69. The van der Waals surface area contributed by atoms with Gasteiger partial charge in [-0.3, -0.25) is 9.59 Å². The second-order valence-corrected chi connectivity index (χ2v) is 9.96. The van der Waals surface area contributed by atoms with Crippen LogP contribution in [0, 0.1) is 5.92 Å². The van der Waals surface area contributed by atoms with Gasteiger partial charge in [0.1, 0.15) is 0 Å². The Morgan fingerprint density at radius 2 is 1.69 bits per heavy atom. The van der Waals surface area contributed by atoms with E-state index in [1.165, 1.54) is 29.3 Å². The number of halogens is 2. The number of hydrogen-bond donors (Lipinski definition) is 1. The lowest BCUT2D eigenvalue weighted by molar-refractivity contribution is -0.127. The molecule has 1 fully saturated rings. The first-order valence-electron chi connectivity index (χ1n) is 11.3. The van der Waals surface area contributed by atoms with Gasteiger partial charge in [0.25, 0.3) is 11.8 Å². The van der Waals surface area contributed by atoms with Crippen LogP contribution in [0.5, 0.6) is 0 Å². The van der Waals surface area contributed by atoms with Crippen LogP contribution in [0.15, 0.2) is 53.6 Å². The van der Waals surface area contributed by atoms with Crippen LogP contribution < -0.4 is 15.8 Å². The van der Waals surface area contributed by atoms with E-state index in [2.05, 4.69) is 10.4 Å². The fourth-order valence-corrected chi connectivity index (χ4v) is 3.89. The van der Waals surface area contributed by atoms with Gasteiger partial charge in [-0.05, 0) is 64.3 Å². The van der Waals surface area contributed by atoms with E-state index in [1.807, 2.05) is 27.7 Å². The molecule has 0 aliphatic carbocycles. The van der Waals surface area contributed by atoms with Crippen molar-refractivity contribution in [3.05, 3.63) is 54.1 Å². The SMILES string of the molecule is CC1=NN(c2ccc(B3OC(C)(C)C(C)(C)O3)cc2)C(=O)C1C(=O)Nc1cccc(C(C)(F)F)c1. The summed E-state index contributed by atoms with van der Waals surface area (Å²) in [7, 11) is -0.543. The molecule has 4 rings (SSSR count). The molecule has 10 heteroatoms. The largest absolute Gasteiger partial charge is 0.494 e. The van der Waals surface area contributed by atoms with Gasteiger partial charge in [-0.2, -0.15) is 10.1 Å². The van der Waals surface area contributed by atoms with Crippen molar-refractivity contribution in [3.8, 4) is 0 Å². The maximum Gasteiger partial charge on any atom is 0.494 e. The van der Waals surface area contributed by atoms with Gasteiger partial charge in [-0.15, -0.1) is 0 Å². The molecule has 0 aromatic heterocycles. The van der Waals surface area contributed by atoms with Crippen LogP contribution in [0.25, 0.3) is 0 Å². The highest BCUT2D eigenvalue weighted by Gasteiger charge is 2.51. The lowest BCUT2D eigenvalue weighted by atomic mass is 9.79. The van der Waals surface area contributed by atoms with Crippen LogP contribution in [0.1, 0.15) is 47.1 Å². The number of carbonyl (C=O) groups excluding carboxylic acids is 2. The van der Waals surface area contributed by atoms with Gasteiger partial charge < -0.3 is 14.6 Å². The Hall–Kier alpha value is -3.11. The summed E-state index contributed by atoms with van der Waals surface area (Å²) in [5, 5.41) is 8.00. The zero-order chi connectivity index (χ0) is 25.8. The summed E-state index contributed by atoms with van der Waals surface area (Å²) in [5.41, 5.74) is 0.576. The minimum absolute atomic E-state index is 0.180. The zero-order valence-corrected chi connectivity index (χ0v) is 20.6. The standard InChI is InChI=1S/C25H28BF2N3O4/c1-15-20(21(32)29-18-9-7-8-16(14-18)25(6,27)28)22(33)31(30-15)19-12-10-17(11-13-19)26-34-23(2,3)24(4,5)35-26/h7-14,20H,1-6H3,(H,29,32). The Kier molecular flexibility index (Phi) is 6.09. The number of anilines is 2. The molecule has 2 heterocycles. The molecular weight excluding hydrogens is 455 g/mol. The second kappa shape index (κ2) is 8.53. The van der Waals surface area contributed by atoms with Crippen molar-refractivity contribution >= 4 is 41.5 Å². The van der Waals surface area contributed by atoms with E-state index in [4.69, 9.17) is 9.31 Å². The number of nitrogens with one attached hydrogen (secondary N) is 1. The van der Waals surface area contributed by atoms with Crippen molar-refractivity contribution in [2.45, 2.75) is 58.7 Å². The average molecular weight is 483 g/mol. The van der Waals surface area contributed by atoms with Crippen molar-refractivity contribution in [2.75, 3.05) is 10.3 Å². The molecule has 2 aliphatic heterocycles. The number of amides is 2. The normalized spacial score (nSPS) is 21.3. The summed E-state index contributed by atoms with van der Waals surface area (Å²) in [5.74, 6) is -5.38. The summed E-state index contributed by atoms with van der Waals surface area (Å²) in [6.45, 7) is 10.2. The maximum atomic E-state index is 13.6. The lowest BCUT2D eigenvalue weighted by Gasteiger charge is -2.32. The van der Waals surface area contributed by atoms with Gasteiger partial charge in [0.2, 0.25) is 5.91 Å². The number of carbonyl (C=O) groups is 2. The van der Waals surface area contributed by atoms with Gasteiger partial charge in [0.05, 0.1) is 22.6 Å². The van der Waals surface area contributed by atoms with E-state index in [0.717, 1.165) is 12.4 Å². The minimum atomic E-state index is -3.05. The Balaban J connectivity index is 1.47. The molecule has 0 bridgehead atoms. The molecule has 7 nitrogen and oxygen atoms in total. The molecule has 0 saturated carbocycles. The molecule has 1 unspecified atom stereocenters. The fourth-order valence-electron chi connectivity index (χ4n) is 3.89. The quantitative estimate of drug-likeness (QED) is 0.514. The van der Waals surface area contributed by atoms with Crippen LogP contribution in [-0.4, -0.2) is 35.8 Å². The topological polar surface area (TPSA) is 80.2 Å². The predicted molar refractivity (Wildman–Crippen MR) is 131 cm³/mol. The van der Waals surface area contributed by atoms with Crippen molar-refractivity contribution in [1.82, 2.24) is 0 Å². The van der Waals surface area contributed by atoms with Gasteiger partial charge in [-0.25, -0.2) is 8.78 Å². The molecule has 0 radical (unpaired) electrons. The Labute approximate surface area is 203 Å². The first kappa shape index (κ1) is 25.0. The van der Waals surface area contributed by atoms with Crippen LogP contribution in [0.3, 0.4) is 0 Å². The van der Waals surface area contributed by atoms with Crippen LogP contribution in [0.2, 0.25) is 0 Å².